The Morgan fingerprint density at radius 3 is 3.00 bits per heavy atom. The largest absolute Gasteiger partial charge is 0.395 e. The fourth-order valence-electron chi connectivity index (χ4n) is 1.73. The second kappa shape index (κ2) is 4.06. The number of fused-ring (bicyclic) bond motifs is 1. The van der Waals surface area contributed by atoms with E-state index in [1.54, 1.807) is 11.3 Å². The molecule has 0 spiro atoms. The molecule has 2 rings (SSSR count). The Bertz CT molecular complexity index is 464. The van der Waals surface area contributed by atoms with Crippen LogP contribution in [0.25, 0.3) is 10.2 Å². The van der Waals surface area contributed by atoms with Crippen LogP contribution in [0, 0.1) is 0 Å². The van der Waals surface area contributed by atoms with Gasteiger partial charge in [0.1, 0.15) is 5.52 Å². The summed E-state index contributed by atoms with van der Waals surface area (Å²) < 4.78 is 1.15. The van der Waals surface area contributed by atoms with Crippen molar-refractivity contribution in [2.24, 2.45) is 0 Å². The second-order valence-corrected chi connectivity index (χ2v) is 4.51. The first-order valence-corrected chi connectivity index (χ1v) is 5.94. The topological polar surface area (TPSA) is 42.2 Å². The van der Waals surface area contributed by atoms with Crippen LogP contribution in [-0.4, -0.2) is 18.6 Å². The minimum Gasteiger partial charge on any atom is -0.395 e. The third-order valence-electron chi connectivity index (χ3n) is 2.49. The van der Waals surface area contributed by atoms with Gasteiger partial charge in [0.05, 0.1) is 21.6 Å². The summed E-state index contributed by atoms with van der Waals surface area (Å²) in [5, 5.41) is 0. The van der Waals surface area contributed by atoms with Crippen LogP contribution in [0.15, 0.2) is 17.6 Å². The van der Waals surface area contributed by atoms with Gasteiger partial charge in [0, 0.05) is 13.6 Å². The molecule has 0 unspecified atom stereocenters. The first-order valence-electron chi connectivity index (χ1n) is 5.07. The van der Waals surface area contributed by atoms with Crippen molar-refractivity contribution in [3.05, 3.63) is 17.6 Å². The summed E-state index contributed by atoms with van der Waals surface area (Å²) in [6, 6.07) is 4.16. The molecule has 1 aromatic heterocycles. The molecule has 0 aliphatic heterocycles. The van der Waals surface area contributed by atoms with Crippen molar-refractivity contribution in [1.29, 1.82) is 0 Å². The number of anilines is 2. The van der Waals surface area contributed by atoms with Crippen molar-refractivity contribution in [1.82, 2.24) is 4.98 Å². The quantitative estimate of drug-likeness (QED) is 0.810. The molecular weight excluding hydrogens is 206 g/mol. The molecule has 0 bridgehead atoms. The number of rotatable bonds is 3. The molecule has 80 valence electrons. The Balaban J connectivity index is 2.47. The normalized spacial score (nSPS) is 10.8. The van der Waals surface area contributed by atoms with Crippen molar-refractivity contribution in [3.63, 3.8) is 0 Å². The molecule has 1 aromatic carbocycles. The molecule has 0 saturated carbocycles. The average molecular weight is 221 g/mol. The van der Waals surface area contributed by atoms with Gasteiger partial charge in [-0.25, -0.2) is 4.98 Å². The average Bonchev–Trinajstić information content (AvgIpc) is 2.67. The van der Waals surface area contributed by atoms with E-state index < -0.39 is 0 Å². The van der Waals surface area contributed by atoms with Crippen LogP contribution in [0.2, 0.25) is 0 Å². The Morgan fingerprint density at radius 1 is 1.47 bits per heavy atom. The maximum absolute atomic E-state index is 6.10. The fraction of sp³-hybridized carbons (Fsp3) is 0.364. The predicted molar refractivity (Wildman–Crippen MR) is 67.6 cm³/mol. The van der Waals surface area contributed by atoms with Gasteiger partial charge in [0.25, 0.3) is 0 Å². The Hall–Kier alpha value is -1.29. The Morgan fingerprint density at radius 2 is 2.27 bits per heavy atom. The summed E-state index contributed by atoms with van der Waals surface area (Å²) in [5.74, 6) is 0. The summed E-state index contributed by atoms with van der Waals surface area (Å²) in [7, 11) is 2.06. The fourth-order valence-corrected chi connectivity index (χ4v) is 2.42. The summed E-state index contributed by atoms with van der Waals surface area (Å²) in [4.78, 5) is 6.46. The van der Waals surface area contributed by atoms with Gasteiger partial charge >= 0.3 is 0 Å². The standard InChI is InChI=1S/C11H15N3S/c1-3-6-14(2)8-4-5-9-11(10(8)12)13-7-15-9/h4-5,7H,3,6,12H2,1-2H3. The zero-order valence-corrected chi connectivity index (χ0v) is 9.84. The van der Waals surface area contributed by atoms with E-state index in [0.29, 0.717) is 0 Å². The number of nitrogens with two attached hydrogens (primary N) is 1. The molecule has 0 aliphatic rings. The van der Waals surface area contributed by atoms with Gasteiger partial charge in [-0.15, -0.1) is 11.3 Å². The molecule has 0 aliphatic carbocycles. The van der Waals surface area contributed by atoms with Gasteiger partial charge in [0.15, 0.2) is 0 Å². The van der Waals surface area contributed by atoms with Crippen LogP contribution in [0.1, 0.15) is 13.3 Å². The van der Waals surface area contributed by atoms with Gasteiger partial charge in [-0.1, -0.05) is 6.92 Å². The summed E-state index contributed by atoms with van der Waals surface area (Å²) in [5.41, 5.74) is 10.7. The number of hydrogen-bond donors (Lipinski definition) is 1. The summed E-state index contributed by atoms with van der Waals surface area (Å²) >= 11 is 1.63. The number of aromatic nitrogens is 1. The molecular formula is C11H15N3S. The molecule has 4 heteroatoms. The van der Waals surface area contributed by atoms with Crippen LogP contribution in [0.5, 0.6) is 0 Å². The molecule has 0 fully saturated rings. The first kappa shape index (κ1) is 10.2. The summed E-state index contributed by atoms with van der Waals surface area (Å²) in [6.45, 7) is 3.17. The molecule has 2 N–H and O–H groups in total. The Labute approximate surface area is 93.5 Å². The van der Waals surface area contributed by atoms with Gasteiger partial charge in [-0.2, -0.15) is 0 Å². The smallest absolute Gasteiger partial charge is 0.106 e. The van der Waals surface area contributed by atoms with Crippen LogP contribution < -0.4 is 10.6 Å². The van der Waals surface area contributed by atoms with E-state index in [2.05, 4.69) is 36.0 Å². The molecule has 0 atom stereocenters. The molecule has 0 saturated heterocycles. The van der Waals surface area contributed by atoms with E-state index in [0.717, 1.165) is 34.6 Å². The van der Waals surface area contributed by atoms with Gasteiger partial charge in [-0.3, -0.25) is 0 Å². The number of benzene rings is 1. The Kier molecular flexibility index (Phi) is 2.77. The minimum absolute atomic E-state index is 0.796. The van der Waals surface area contributed by atoms with E-state index in [1.807, 2.05) is 5.51 Å². The van der Waals surface area contributed by atoms with Gasteiger partial charge in [-0.05, 0) is 18.6 Å². The number of nitrogens with zero attached hydrogens (tertiary/aromatic N) is 2. The predicted octanol–water partition coefficient (Wildman–Crippen LogP) is 2.72. The molecule has 0 amide bonds. The SMILES string of the molecule is CCCN(C)c1ccc2scnc2c1N. The number of nitrogen functional groups attached to an aromatic ring is 1. The third-order valence-corrected chi connectivity index (χ3v) is 3.28. The van der Waals surface area contributed by atoms with Gasteiger partial charge < -0.3 is 10.6 Å². The highest BCUT2D eigenvalue weighted by molar-refractivity contribution is 7.16. The van der Waals surface area contributed by atoms with Crippen molar-refractivity contribution < 1.29 is 0 Å². The minimum atomic E-state index is 0.796. The van der Waals surface area contributed by atoms with Crippen LogP contribution in [0.4, 0.5) is 11.4 Å². The third kappa shape index (κ3) is 1.77. The number of thiazole rings is 1. The summed E-state index contributed by atoms with van der Waals surface area (Å²) in [6.07, 6.45) is 1.12. The van der Waals surface area contributed by atoms with Gasteiger partial charge in [0.2, 0.25) is 0 Å². The second-order valence-electron chi connectivity index (χ2n) is 3.62. The van der Waals surface area contributed by atoms with Crippen molar-refractivity contribution in [2.75, 3.05) is 24.2 Å². The van der Waals surface area contributed by atoms with Crippen molar-refractivity contribution >= 4 is 32.9 Å². The lowest BCUT2D eigenvalue weighted by atomic mass is 10.2. The molecule has 0 radical (unpaired) electrons. The maximum Gasteiger partial charge on any atom is 0.106 e. The lowest BCUT2D eigenvalue weighted by Crippen LogP contribution is -2.19. The zero-order chi connectivity index (χ0) is 10.8. The molecule has 1 heterocycles. The highest BCUT2D eigenvalue weighted by Crippen LogP contribution is 2.31. The highest BCUT2D eigenvalue weighted by Gasteiger charge is 2.09. The van der Waals surface area contributed by atoms with Crippen molar-refractivity contribution in [3.8, 4) is 0 Å². The lowest BCUT2D eigenvalue weighted by Gasteiger charge is -2.20. The molecule has 3 nitrogen and oxygen atoms in total. The van der Waals surface area contributed by atoms with Crippen LogP contribution >= 0.6 is 11.3 Å². The highest BCUT2D eigenvalue weighted by atomic mass is 32.1. The monoisotopic (exact) mass is 221 g/mol. The van der Waals surface area contributed by atoms with E-state index >= 15 is 0 Å². The van der Waals surface area contributed by atoms with E-state index in [4.69, 9.17) is 5.73 Å². The zero-order valence-electron chi connectivity index (χ0n) is 9.03. The van der Waals surface area contributed by atoms with E-state index in [9.17, 15) is 0 Å². The van der Waals surface area contributed by atoms with E-state index in [-0.39, 0.29) is 0 Å². The molecule has 15 heavy (non-hydrogen) atoms. The van der Waals surface area contributed by atoms with Crippen molar-refractivity contribution in [2.45, 2.75) is 13.3 Å². The maximum atomic E-state index is 6.10. The first-order chi connectivity index (χ1) is 7.24. The van der Waals surface area contributed by atoms with E-state index in [1.165, 1.54) is 0 Å². The van der Waals surface area contributed by atoms with Crippen LogP contribution in [0.3, 0.4) is 0 Å². The number of hydrogen-bond acceptors (Lipinski definition) is 4. The molecule has 2 aromatic rings. The lowest BCUT2D eigenvalue weighted by molar-refractivity contribution is 0.854. The van der Waals surface area contributed by atoms with Crippen LogP contribution in [-0.2, 0) is 0 Å².